The Hall–Kier alpha value is -2.21. The first kappa shape index (κ1) is 15.7. The van der Waals surface area contributed by atoms with Gasteiger partial charge in [0.15, 0.2) is 0 Å². The molecule has 0 spiro atoms. The van der Waals surface area contributed by atoms with Crippen molar-refractivity contribution in [2.45, 2.75) is 32.4 Å². The number of likely N-dealkylation sites (tertiary alicyclic amines) is 1. The Balaban J connectivity index is 1.46. The van der Waals surface area contributed by atoms with Crippen molar-refractivity contribution in [2.24, 2.45) is 5.92 Å². The van der Waals surface area contributed by atoms with E-state index in [1.54, 1.807) is 6.20 Å². The van der Waals surface area contributed by atoms with Crippen LogP contribution in [0.3, 0.4) is 0 Å². The second-order valence-electron chi connectivity index (χ2n) is 6.29. The van der Waals surface area contributed by atoms with Crippen LogP contribution in [0.25, 0.3) is 0 Å². The highest BCUT2D eigenvalue weighted by molar-refractivity contribution is 5.76. The van der Waals surface area contributed by atoms with E-state index in [-0.39, 0.29) is 11.9 Å². The number of aromatic nitrogens is 3. The van der Waals surface area contributed by atoms with Crippen molar-refractivity contribution < 1.29 is 4.79 Å². The molecule has 2 heterocycles. The van der Waals surface area contributed by atoms with E-state index in [4.69, 9.17) is 0 Å². The predicted molar refractivity (Wildman–Crippen MR) is 87.5 cm³/mol. The molecule has 1 aliphatic rings. The van der Waals surface area contributed by atoms with Crippen LogP contribution in [0.1, 0.15) is 24.6 Å². The predicted octanol–water partition coefficient (Wildman–Crippen LogP) is 1.37. The molecular weight excluding hydrogens is 290 g/mol. The number of carbonyl (C=O) groups is 1. The number of amides is 1. The molecule has 2 N–H and O–H groups in total. The minimum absolute atomic E-state index is 0.0893. The summed E-state index contributed by atoms with van der Waals surface area (Å²) < 4.78 is 0. The molecule has 23 heavy (non-hydrogen) atoms. The molecule has 2 aromatic rings. The second-order valence-corrected chi connectivity index (χ2v) is 6.29. The molecule has 1 saturated heterocycles. The number of hydrogen-bond donors (Lipinski definition) is 2. The summed E-state index contributed by atoms with van der Waals surface area (Å²) in [5.41, 5.74) is 2.14. The Morgan fingerprint density at radius 3 is 2.91 bits per heavy atom. The maximum absolute atomic E-state index is 12.1. The van der Waals surface area contributed by atoms with Gasteiger partial charge in [0.1, 0.15) is 0 Å². The molecule has 2 unspecified atom stereocenters. The molecule has 2 atom stereocenters. The molecule has 122 valence electrons. The second kappa shape index (κ2) is 7.37. The van der Waals surface area contributed by atoms with Gasteiger partial charge in [0.05, 0.1) is 11.9 Å². The van der Waals surface area contributed by atoms with Crippen LogP contribution in [0.5, 0.6) is 0 Å². The average Bonchev–Trinajstić information content (AvgIpc) is 3.17. The summed E-state index contributed by atoms with van der Waals surface area (Å²) in [6.45, 7) is 5.07. The summed E-state index contributed by atoms with van der Waals surface area (Å²) in [5.74, 6) is 0.557. The average molecular weight is 313 g/mol. The Morgan fingerprint density at radius 1 is 1.35 bits per heavy atom. The lowest BCUT2D eigenvalue weighted by molar-refractivity contribution is -0.121. The van der Waals surface area contributed by atoms with Gasteiger partial charge in [-0.05, 0) is 11.5 Å². The number of nitrogens with zero attached hydrogens (tertiary/aromatic N) is 3. The minimum atomic E-state index is 0.0893. The van der Waals surface area contributed by atoms with E-state index >= 15 is 0 Å². The van der Waals surface area contributed by atoms with Gasteiger partial charge in [0.2, 0.25) is 5.91 Å². The number of hydrogen-bond acceptors (Lipinski definition) is 4. The van der Waals surface area contributed by atoms with E-state index in [2.05, 4.69) is 56.8 Å². The minimum Gasteiger partial charge on any atom is -0.352 e. The van der Waals surface area contributed by atoms with Crippen molar-refractivity contribution in [3.8, 4) is 0 Å². The van der Waals surface area contributed by atoms with Crippen LogP contribution in [0.4, 0.5) is 0 Å². The highest BCUT2D eigenvalue weighted by Gasteiger charge is 2.30. The molecule has 0 bridgehead atoms. The number of nitrogens with one attached hydrogen (secondary N) is 2. The highest BCUT2D eigenvalue weighted by atomic mass is 16.1. The number of H-pyrrole nitrogens is 1. The molecule has 6 heteroatoms. The first-order valence-electron chi connectivity index (χ1n) is 8.11. The fourth-order valence-corrected chi connectivity index (χ4v) is 3.09. The first-order valence-corrected chi connectivity index (χ1v) is 8.11. The Kier molecular flexibility index (Phi) is 5.02. The van der Waals surface area contributed by atoms with Crippen LogP contribution in [-0.4, -0.2) is 45.3 Å². The summed E-state index contributed by atoms with van der Waals surface area (Å²) in [5, 5.41) is 13.5. The van der Waals surface area contributed by atoms with Crippen LogP contribution in [0.2, 0.25) is 0 Å². The van der Waals surface area contributed by atoms with Crippen molar-refractivity contribution in [3.05, 3.63) is 47.8 Å². The Labute approximate surface area is 136 Å². The summed E-state index contributed by atoms with van der Waals surface area (Å²) in [4.78, 5) is 14.5. The van der Waals surface area contributed by atoms with E-state index in [1.165, 1.54) is 5.56 Å². The van der Waals surface area contributed by atoms with Crippen molar-refractivity contribution >= 4 is 5.91 Å². The topological polar surface area (TPSA) is 73.9 Å². The molecule has 1 amide bonds. The fraction of sp³-hybridized carbons (Fsp3) is 0.471. The lowest BCUT2D eigenvalue weighted by Gasteiger charge is -2.17. The van der Waals surface area contributed by atoms with Gasteiger partial charge >= 0.3 is 0 Å². The maximum atomic E-state index is 12.1. The van der Waals surface area contributed by atoms with Gasteiger partial charge in [0.25, 0.3) is 0 Å². The van der Waals surface area contributed by atoms with Gasteiger partial charge in [-0.15, -0.1) is 0 Å². The standard InChI is InChI=1S/C17H23N5O/c1-13-10-22(11-14-5-3-2-4-6-14)12-16(13)19-17(23)8-7-15-9-18-21-20-15/h2-6,9,13,16H,7-8,10-12H2,1H3,(H,19,23)(H,18,20,21). The highest BCUT2D eigenvalue weighted by Crippen LogP contribution is 2.19. The van der Waals surface area contributed by atoms with Crippen LogP contribution in [0.15, 0.2) is 36.5 Å². The van der Waals surface area contributed by atoms with E-state index in [0.29, 0.717) is 18.8 Å². The lowest BCUT2D eigenvalue weighted by atomic mass is 10.1. The first-order chi connectivity index (χ1) is 11.2. The number of rotatable bonds is 6. The number of carbonyl (C=O) groups excluding carboxylic acids is 1. The zero-order chi connectivity index (χ0) is 16.1. The molecule has 3 rings (SSSR count). The number of aromatic amines is 1. The van der Waals surface area contributed by atoms with E-state index in [1.807, 2.05) is 6.07 Å². The van der Waals surface area contributed by atoms with Crippen LogP contribution < -0.4 is 5.32 Å². The van der Waals surface area contributed by atoms with Gasteiger partial charge in [-0.3, -0.25) is 9.69 Å². The molecular formula is C17H23N5O. The zero-order valence-corrected chi connectivity index (χ0v) is 13.4. The molecule has 0 saturated carbocycles. The molecule has 0 aliphatic carbocycles. The number of aryl methyl sites for hydroxylation is 1. The Bertz CT molecular complexity index is 613. The van der Waals surface area contributed by atoms with E-state index in [0.717, 1.165) is 25.3 Å². The van der Waals surface area contributed by atoms with Gasteiger partial charge in [-0.1, -0.05) is 37.3 Å². The number of benzene rings is 1. The summed E-state index contributed by atoms with van der Waals surface area (Å²) in [6.07, 6.45) is 2.73. The molecule has 1 fully saturated rings. The third kappa shape index (κ3) is 4.39. The van der Waals surface area contributed by atoms with E-state index < -0.39 is 0 Å². The van der Waals surface area contributed by atoms with Crippen molar-refractivity contribution in [1.82, 2.24) is 25.6 Å². The molecule has 6 nitrogen and oxygen atoms in total. The van der Waals surface area contributed by atoms with Gasteiger partial charge < -0.3 is 5.32 Å². The van der Waals surface area contributed by atoms with Gasteiger partial charge in [-0.2, -0.15) is 15.4 Å². The SMILES string of the molecule is CC1CN(Cc2ccccc2)CC1NC(=O)CCc1cn[nH]n1. The van der Waals surface area contributed by atoms with Crippen LogP contribution in [-0.2, 0) is 17.8 Å². The normalized spacial score (nSPS) is 21.4. The van der Waals surface area contributed by atoms with E-state index in [9.17, 15) is 4.79 Å². The van der Waals surface area contributed by atoms with Crippen LogP contribution in [0, 0.1) is 5.92 Å². The monoisotopic (exact) mass is 313 g/mol. The third-order valence-corrected chi connectivity index (χ3v) is 4.36. The summed E-state index contributed by atoms with van der Waals surface area (Å²) in [7, 11) is 0. The summed E-state index contributed by atoms with van der Waals surface area (Å²) in [6, 6.07) is 10.7. The summed E-state index contributed by atoms with van der Waals surface area (Å²) >= 11 is 0. The molecule has 0 radical (unpaired) electrons. The maximum Gasteiger partial charge on any atom is 0.220 e. The molecule has 1 aromatic heterocycles. The van der Waals surface area contributed by atoms with Crippen molar-refractivity contribution in [2.75, 3.05) is 13.1 Å². The quantitative estimate of drug-likeness (QED) is 0.845. The smallest absolute Gasteiger partial charge is 0.220 e. The van der Waals surface area contributed by atoms with Crippen molar-refractivity contribution in [3.63, 3.8) is 0 Å². The van der Waals surface area contributed by atoms with Crippen molar-refractivity contribution in [1.29, 1.82) is 0 Å². The third-order valence-electron chi connectivity index (χ3n) is 4.36. The lowest BCUT2D eigenvalue weighted by Crippen LogP contribution is -2.39. The molecule has 1 aliphatic heterocycles. The fourth-order valence-electron chi connectivity index (χ4n) is 3.09. The van der Waals surface area contributed by atoms with Gasteiger partial charge in [0, 0.05) is 38.5 Å². The van der Waals surface area contributed by atoms with Gasteiger partial charge in [-0.25, -0.2) is 0 Å². The largest absolute Gasteiger partial charge is 0.352 e. The zero-order valence-electron chi connectivity index (χ0n) is 13.4. The Morgan fingerprint density at radius 2 is 2.17 bits per heavy atom. The van der Waals surface area contributed by atoms with Crippen LogP contribution >= 0.6 is 0 Å². The molecule has 1 aromatic carbocycles.